The summed E-state index contributed by atoms with van der Waals surface area (Å²) in [7, 11) is 0. The van der Waals surface area contributed by atoms with E-state index < -0.39 is 0 Å². The van der Waals surface area contributed by atoms with E-state index in [1.165, 1.54) is 19.3 Å². The van der Waals surface area contributed by atoms with Gasteiger partial charge in [0.2, 0.25) is 11.8 Å². The highest BCUT2D eigenvalue weighted by Crippen LogP contribution is 2.34. The maximum atomic E-state index is 12.9. The van der Waals surface area contributed by atoms with Gasteiger partial charge in [-0.2, -0.15) is 0 Å². The molecule has 1 heterocycles. The van der Waals surface area contributed by atoms with E-state index in [0.29, 0.717) is 34.2 Å². The fourth-order valence-electron chi connectivity index (χ4n) is 4.05. The van der Waals surface area contributed by atoms with E-state index >= 15 is 0 Å². The summed E-state index contributed by atoms with van der Waals surface area (Å²) < 4.78 is 0. The van der Waals surface area contributed by atoms with Gasteiger partial charge in [0.05, 0.1) is 28.3 Å². The van der Waals surface area contributed by atoms with Crippen molar-refractivity contribution >= 4 is 40.7 Å². The normalized spacial score (nSPS) is 24.8. The van der Waals surface area contributed by atoms with Crippen molar-refractivity contribution in [1.82, 2.24) is 10.2 Å². The van der Waals surface area contributed by atoms with E-state index in [4.69, 9.17) is 23.2 Å². The molecule has 1 aromatic rings. The molecule has 1 aliphatic carbocycles. The van der Waals surface area contributed by atoms with E-state index in [0.717, 1.165) is 12.8 Å². The first kappa shape index (κ1) is 19.5. The van der Waals surface area contributed by atoms with Gasteiger partial charge in [-0.15, -0.1) is 0 Å². The van der Waals surface area contributed by atoms with Gasteiger partial charge in [-0.1, -0.05) is 42.1 Å². The van der Waals surface area contributed by atoms with Crippen molar-refractivity contribution in [2.24, 2.45) is 5.92 Å². The molecule has 3 unspecified atom stereocenters. The van der Waals surface area contributed by atoms with Gasteiger partial charge in [-0.05, 0) is 44.2 Å². The Morgan fingerprint density at radius 3 is 2.58 bits per heavy atom. The topological polar surface area (TPSA) is 61.4 Å². The van der Waals surface area contributed by atoms with Gasteiger partial charge in [0.15, 0.2) is 0 Å². The number of rotatable bonds is 5. The number of likely N-dealkylation sites (N-methyl/N-ethyl adjacent to an activating group) is 1. The number of benzene rings is 1. The summed E-state index contributed by atoms with van der Waals surface area (Å²) in [5.74, 6) is 0.292. The van der Waals surface area contributed by atoms with Crippen LogP contribution in [0.4, 0.5) is 5.69 Å². The minimum Gasteiger partial charge on any atom is -0.332 e. The monoisotopic (exact) mass is 397 g/mol. The van der Waals surface area contributed by atoms with Crippen LogP contribution in [-0.2, 0) is 9.59 Å². The Morgan fingerprint density at radius 1 is 1.23 bits per heavy atom. The number of anilines is 1. The second-order valence-corrected chi connectivity index (χ2v) is 7.92. The molecule has 1 aromatic carbocycles. The van der Waals surface area contributed by atoms with Crippen molar-refractivity contribution in [3.63, 3.8) is 0 Å². The quantitative estimate of drug-likeness (QED) is 0.795. The third-order valence-electron chi connectivity index (χ3n) is 5.42. The van der Waals surface area contributed by atoms with E-state index in [1.54, 1.807) is 23.1 Å². The Morgan fingerprint density at radius 2 is 1.92 bits per heavy atom. The lowest BCUT2D eigenvalue weighted by molar-refractivity contribution is -0.136. The zero-order chi connectivity index (χ0) is 18.7. The number of carbonyl (C=O) groups is 2. The van der Waals surface area contributed by atoms with Crippen molar-refractivity contribution < 1.29 is 9.59 Å². The van der Waals surface area contributed by atoms with Gasteiger partial charge in [-0.3, -0.25) is 9.59 Å². The summed E-state index contributed by atoms with van der Waals surface area (Å²) in [6.07, 6.45) is 5.69. The Bertz CT molecular complexity index is 648. The molecule has 2 N–H and O–H groups in total. The number of para-hydroxylation sites is 1. The predicted octanol–water partition coefficient (Wildman–Crippen LogP) is 3.70. The van der Waals surface area contributed by atoms with Crippen LogP contribution in [0.5, 0.6) is 0 Å². The Hall–Kier alpha value is -1.30. The first-order valence-electron chi connectivity index (χ1n) is 9.28. The Labute approximate surface area is 164 Å². The third kappa shape index (κ3) is 4.33. The number of amides is 2. The summed E-state index contributed by atoms with van der Waals surface area (Å²) >= 11 is 12.2. The van der Waals surface area contributed by atoms with Crippen molar-refractivity contribution in [3.05, 3.63) is 28.2 Å². The standard InChI is InChI=1S/C19H25Cl2N3O2/c1-2-24(11-17(25)23-18-13(20)7-5-8-14(18)21)19(26)16-10-12-6-3-4-9-15(12)22-16/h5,7-8,12,15-16,22H,2-4,6,9-11H2,1H3,(H,23,25). The highest BCUT2D eigenvalue weighted by atomic mass is 35.5. The number of hydrogen-bond donors (Lipinski definition) is 2. The molecule has 3 atom stereocenters. The summed E-state index contributed by atoms with van der Waals surface area (Å²) in [4.78, 5) is 26.9. The molecule has 5 nitrogen and oxygen atoms in total. The van der Waals surface area contributed by atoms with Gasteiger partial charge in [0.25, 0.3) is 0 Å². The highest BCUT2D eigenvalue weighted by molar-refractivity contribution is 6.39. The van der Waals surface area contributed by atoms with E-state index in [9.17, 15) is 9.59 Å². The largest absolute Gasteiger partial charge is 0.332 e. The number of halogens is 2. The summed E-state index contributed by atoms with van der Waals surface area (Å²) in [6.45, 7) is 2.36. The second-order valence-electron chi connectivity index (χ2n) is 7.10. The molecule has 2 aliphatic rings. The van der Waals surface area contributed by atoms with Crippen LogP contribution >= 0.6 is 23.2 Å². The van der Waals surface area contributed by atoms with Crippen LogP contribution in [0.15, 0.2) is 18.2 Å². The maximum absolute atomic E-state index is 12.9. The number of fused-ring (bicyclic) bond motifs is 1. The molecule has 1 saturated heterocycles. The van der Waals surface area contributed by atoms with Crippen LogP contribution in [-0.4, -0.2) is 41.9 Å². The second kappa shape index (κ2) is 8.59. The summed E-state index contributed by atoms with van der Waals surface area (Å²) in [5, 5.41) is 6.96. The number of nitrogens with zero attached hydrogens (tertiary/aromatic N) is 1. The average molecular weight is 398 g/mol. The molecule has 0 spiro atoms. The van der Waals surface area contributed by atoms with Crippen LogP contribution in [0.1, 0.15) is 39.0 Å². The molecule has 0 bridgehead atoms. The number of hydrogen-bond acceptors (Lipinski definition) is 3. The lowest BCUT2D eigenvalue weighted by Gasteiger charge is -2.25. The molecule has 26 heavy (non-hydrogen) atoms. The molecule has 0 radical (unpaired) electrons. The maximum Gasteiger partial charge on any atom is 0.244 e. The van der Waals surface area contributed by atoms with Crippen molar-refractivity contribution in [3.8, 4) is 0 Å². The van der Waals surface area contributed by atoms with Gasteiger partial charge in [-0.25, -0.2) is 0 Å². The molecule has 3 rings (SSSR count). The van der Waals surface area contributed by atoms with Crippen molar-refractivity contribution in [2.75, 3.05) is 18.4 Å². The molecule has 1 saturated carbocycles. The molecule has 2 amide bonds. The minimum atomic E-state index is -0.300. The zero-order valence-electron chi connectivity index (χ0n) is 14.9. The molecule has 7 heteroatoms. The van der Waals surface area contributed by atoms with Gasteiger partial charge in [0, 0.05) is 12.6 Å². The smallest absolute Gasteiger partial charge is 0.244 e. The lowest BCUT2D eigenvalue weighted by atomic mass is 9.85. The van der Waals surface area contributed by atoms with Crippen LogP contribution in [0, 0.1) is 5.92 Å². The van der Waals surface area contributed by atoms with Gasteiger partial charge in [0.1, 0.15) is 0 Å². The molecule has 0 aromatic heterocycles. The summed E-state index contributed by atoms with van der Waals surface area (Å²) in [5.41, 5.74) is 0.384. The van der Waals surface area contributed by atoms with E-state index in [1.807, 2.05) is 6.92 Å². The van der Waals surface area contributed by atoms with Gasteiger partial charge >= 0.3 is 0 Å². The summed E-state index contributed by atoms with van der Waals surface area (Å²) in [6, 6.07) is 5.31. The van der Waals surface area contributed by atoms with Crippen LogP contribution < -0.4 is 10.6 Å². The first-order chi connectivity index (χ1) is 12.5. The van der Waals surface area contributed by atoms with Crippen LogP contribution in [0.2, 0.25) is 10.0 Å². The van der Waals surface area contributed by atoms with Crippen LogP contribution in [0.3, 0.4) is 0 Å². The predicted molar refractivity (Wildman–Crippen MR) is 105 cm³/mol. The minimum absolute atomic E-state index is 0.00213. The molecule has 142 valence electrons. The number of carbonyl (C=O) groups excluding carboxylic acids is 2. The molecular formula is C19H25Cl2N3O2. The molecule has 1 aliphatic heterocycles. The Kier molecular flexibility index (Phi) is 6.43. The fraction of sp³-hybridized carbons (Fsp3) is 0.579. The van der Waals surface area contributed by atoms with Crippen molar-refractivity contribution in [2.45, 2.75) is 51.1 Å². The van der Waals surface area contributed by atoms with Crippen LogP contribution in [0.25, 0.3) is 0 Å². The molecule has 2 fully saturated rings. The fourth-order valence-corrected chi connectivity index (χ4v) is 4.54. The highest BCUT2D eigenvalue weighted by Gasteiger charge is 2.39. The first-order valence-corrected chi connectivity index (χ1v) is 10.0. The number of nitrogens with one attached hydrogen (secondary N) is 2. The average Bonchev–Trinajstić information content (AvgIpc) is 3.06. The SMILES string of the molecule is CCN(CC(=O)Nc1c(Cl)cccc1Cl)C(=O)C1CC2CCCCC2N1. The van der Waals surface area contributed by atoms with Gasteiger partial charge < -0.3 is 15.5 Å². The van der Waals surface area contributed by atoms with Crippen molar-refractivity contribution in [1.29, 1.82) is 0 Å². The third-order valence-corrected chi connectivity index (χ3v) is 6.05. The zero-order valence-corrected chi connectivity index (χ0v) is 16.4. The van der Waals surface area contributed by atoms with E-state index in [2.05, 4.69) is 10.6 Å². The molecular weight excluding hydrogens is 373 g/mol. The van der Waals surface area contributed by atoms with E-state index in [-0.39, 0.29) is 24.4 Å². The lowest BCUT2D eigenvalue weighted by Crippen LogP contribution is -2.47. The Balaban J connectivity index is 1.60.